The van der Waals surface area contributed by atoms with Gasteiger partial charge in [0, 0.05) is 6.42 Å². The molecule has 0 aliphatic rings. The molecule has 1 unspecified atom stereocenters. The highest BCUT2D eigenvalue weighted by atomic mass is 32.2. The van der Waals surface area contributed by atoms with Gasteiger partial charge in [0.15, 0.2) is 0 Å². The van der Waals surface area contributed by atoms with Crippen LogP contribution in [0, 0.1) is 0 Å². The Morgan fingerprint density at radius 3 is 2.27 bits per heavy atom. The second-order valence-corrected chi connectivity index (χ2v) is 2.74. The standard InChI is InChI=1S/C5H9NO4S/c6-11-3(5(9)10)1-2-4(7)8/h3H,1-2,6H2,(H,7,8)(H,9,10). The maximum Gasteiger partial charge on any atom is 0.317 e. The molecule has 0 fully saturated rings. The number of carbonyl (C=O) groups is 2. The molecule has 0 aromatic heterocycles. The van der Waals surface area contributed by atoms with E-state index in [1.807, 2.05) is 0 Å². The highest BCUT2D eigenvalue weighted by Gasteiger charge is 2.17. The van der Waals surface area contributed by atoms with Crippen molar-refractivity contribution in [3.63, 3.8) is 0 Å². The van der Waals surface area contributed by atoms with E-state index in [0.717, 1.165) is 0 Å². The summed E-state index contributed by atoms with van der Waals surface area (Å²) in [6.07, 6.45) is -0.104. The smallest absolute Gasteiger partial charge is 0.317 e. The number of rotatable bonds is 5. The third-order valence-corrected chi connectivity index (χ3v) is 1.83. The minimum absolute atomic E-state index is 0.0613. The van der Waals surface area contributed by atoms with Crippen LogP contribution in [0.25, 0.3) is 0 Å². The van der Waals surface area contributed by atoms with E-state index < -0.39 is 17.2 Å². The van der Waals surface area contributed by atoms with Crippen molar-refractivity contribution in [3.8, 4) is 0 Å². The predicted octanol–water partition coefficient (Wildman–Crippen LogP) is -0.0887. The van der Waals surface area contributed by atoms with Crippen molar-refractivity contribution >= 4 is 23.9 Å². The molecule has 0 rings (SSSR count). The van der Waals surface area contributed by atoms with Gasteiger partial charge in [-0.1, -0.05) is 11.9 Å². The lowest BCUT2D eigenvalue weighted by Crippen LogP contribution is -2.19. The van der Waals surface area contributed by atoms with Gasteiger partial charge in [0.05, 0.1) is 0 Å². The summed E-state index contributed by atoms with van der Waals surface area (Å²) in [4.78, 5) is 20.2. The number of carboxylic acid groups (broad SMARTS) is 2. The second-order valence-electron chi connectivity index (χ2n) is 1.90. The highest BCUT2D eigenvalue weighted by molar-refractivity contribution is 7.98. The Hall–Kier alpha value is -0.750. The average molecular weight is 179 g/mol. The molecule has 6 heteroatoms. The predicted molar refractivity (Wildman–Crippen MR) is 40.1 cm³/mol. The van der Waals surface area contributed by atoms with Crippen molar-refractivity contribution in [1.29, 1.82) is 0 Å². The lowest BCUT2D eigenvalue weighted by Gasteiger charge is -2.05. The molecule has 0 saturated carbocycles. The van der Waals surface area contributed by atoms with Crippen LogP contribution in [0.2, 0.25) is 0 Å². The number of hydrogen-bond acceptors (Lipinski definition) is 4. The molecule has 1 atom stereocenters. The molecule has 0 aromatic rings. The van der Waals surface area contributed by atoms with Crippen molar-refractivity contribution in [3.05, 3.63) is 0 Å². The van der Waals surface area contributed by atoms with E-state index in [4.69, 9.17) is 15.4 Å². The van der Waals surface area contributed by atoms with E-state index in [1.165, 1.54) is 0 Å². The Kier molecular flexibility index (Phi) is 4.64. The minimum atomic E-state index is -1.07. The normalized spacial score (nSPS) is 12.5. The maximum atomic E-state index is 10.2. The van der Waals surface area contributed by atoms with Gasteiger partial charge in [-0.25, -0.2) is 0 Å². The van der Waals surface area contributed by atoms with Crippen molar-refractivity contribution in [1.82, 2.24) is 0 Å². The largest absolute Gasteiger partial charge is 0.481 e. The van der Waals surface area contributed by atoms with E-state index in [0.29, 0.717) is 11.9 Å². The Labute approximate surface area is 67.7 Å². The van der Waals surface area contributed by atoms with Gasteiger partial charge in [-0.05, 0) is 6.42 Å². The quantitative estimate of drug-likeness (QED) is 0.510. The van der Waals surface area contributed by atoms with E-state index in [2.05, 4.69) is 0 Å². The zero-order valence-electron chi connectivity index (χ0n) is 5.69. The van der Waals surface area contributed by atoms with Gasteiger partial charge < -0.3 is 10.2 Å². The van der Waals surface area contributed by atoms with Crippen molar-refractivity contribution < 1.29 is 19.8 Å². The Morgan fingerprint density at radius 2 is 2.00 bits per heavy atom. The highest BCUT2D eigenvalue weighted by Crippen LogP contribution is 2.10. The first-order chi connectivity index (χ1) is 5.07. The van der Waals surface area contributed by atoms with Gasteiger partial charge >= 0.3 is 11.9 Å². The van der Waals surface area contributed by atoms with Crippen LogP contribution in [0.5, 0.6) is 0 Å². The fourth-order valence-corrected chi connectivity index (χ4v) is 0.875. The second kappa shape index (κ2) is 4.97. The SMILES string of the molecule is NSC(CCC(=O)O)C(=O)O. The van der Waals surface area contributed by atoms with E-state index in [9.17, 15) is 9.59 Å². The van der Waals surface area contributed by atoms with Crippen molar-refractivity contribution in [2.45, 2.75) is 18.1 Å². The number of aliphatic carboxylic acids is 2. The maximum absolute atomic E-state index is 10.2. The summed E-state index contributed by atoms with van der Waals surface area (Å²) in [6, 6.07) is 0. The van der Waals surface area contributed by atoms with Crippen molar-refractivity contribution in [2.75, 3.05) is 0 Å². The summed E-state index contributed by atoms with van der Waals surface area (Å²) in [5.74, 6) is -2.08. The van der Waals surface area contributed by atoms with Gasteiger partial charge in [0.25, 0.3) is 0 Å². The topological polar surface area (TPSA) is 101 Å². The molecular weight excluding hydrogens is 170 g/mol. The Morgan fingerprint density at radius 1 is 1.45 bits per heavy atom. The zero-order chi connectivity index (χ0) is 8.85. The molecule has 64 valence electrons. The molecule has 0 aliphatic carbocycles. The van der Waals surface area contributed by atoms with Gasteiger partial charge in [-0.15, -0.1) is 0 Å². The van der Waals surface area contributed by atoms with E-state index >= 15 is 0 Å². The average Bonchev–Trinajstić information content (AvgIpc) is 1.87. The van der Waals surface area contributed by atoms with E-state index in [-0.39, 0.29) is 12.8 Å². The molecule has 0 spiro atoms. The van der Waals surface area contributed by atoms with Crippen LogP contribution in [0.3, 0.4) is 0 Å². The molecule has 4 N–H and O–H groups in total. The van der Waals surface area contributed by atoms with Gasteiger partial charge in [0.1, 0.15) is 5.25 Å². The lowest BCUT2D eigenvalue weighted by molar-refractivity contribution is -0.138. The third-order valence-electron chi connectivity index (χ3n) is 1.06. The number of hydrogen-bond donors (Lipinski definition) is 3. The molecule has 0 heterocycles. The fraction of sp³-hybridized carbons (Fsp3) is 0.600. The minimum Gasteiger partial charge on any atom is -0.481 e. The summed E-state index contributed by atoms with van der Waals surface area (Å²) in [6.45, 7) is 0. The molecule has 0 saturated heterocycles. The van der Waals surface area contributed by atoms with Crippen LogP contribution < -0.4 is 5.14 Å². The Bertz CT molecular complexity index is 161. The Balaban J connectivity index is 3.70. The lowest BCUT2D eigenvalue weighted by atomic mass is 10.2. The number of carboxylic acids is 2. The molecule has 0 bridgehead atoms. The van der Waals surface area contributed by atoms with Gasteiger partial charge in [0.2, 0.25) is 0 Å². The molecule has 0 radical (unpaired) electrons. The van der Waals surface area contributed by atoms with Crippen LogP contribution in [0.4, 0.5) is 0 Å². The van der Waals surface area contributed by atoms with Gasteiger partial charge in [-0.3, -0.25) is 14.7 Å². The first-order valence-corrected chi connectivity index (χ1v) is 3.82. The van der Waals surface area contributed by atoms with E-state index in [1.54, 1.807) is 0 Å². The van der Waals surface area contributed by atoms with Crippen molar-refractivity contribution in [2.24, 2.45) is 5.14 Å². The summed E-state index contributed by atoms with van der Waals surface area (Å²) in [7, 11) is 0. The fourth-order valence-electron chi connectivity index (χ4n) is 0.504. The molecule has 0 aromatic carbocycles. The van der Waals surface area contributed by atoms with Crippen LogP contribution in [-0.4, -0.2) is 27.4 Å². The monoisotopic (exact) mass is 179 g/mol. The first kappa shape index (κ1) is 10.2. The van der Waals surface area contributed by atoms with Crippen LogP contribution in [0.15, 0.2) is 0 Å². The third kappa shape index (κ3) is 4.63. The van der Waals surface area contributed by atoms with Crippen LogP contribution in [0.1, 0.15) is 12.8 Å². The molecular formula is C5H9NO4S. The molecule has 5 nitrogen and oxygen atoms in total. The summed E-state index contributed by atoms with van der Waals surface area (Å²) >= 11 is 0.657. The molecule has 0 aliphatic heterocycles. The summed E-state index contributed by atoms with van der Waals surface area (Å²) < 4.78 is 0. The molecule has 11 heavy (non-hydrogen) atoms. The molecule has 0 amide bonds. The van der Waals surface area contributed by atoms with Crippen LogP contribution in [-0.2, 0) is 9.59 Å². The summed E-state index contributed by atoms with van der Waals surface area (Å²) in [5.41, 5.74) is 0. The summed E-state index contributed by atoms with van der Waals surface area (Å²) in [5, 5.41) is 20.8. The van der Waals surface area contributed by atoms with Gasteiger partial charge in [-0.2, -0.15) is 0 Å². The van der Waals surface area contributed by atoms with Crippen LogP contribution >= 0.6 is 11.9 Å². The zero-order valence-corrected chi connectivity index (χ0v) is 6.50. The first-order valence-electron chi connectivity index (χ1n) is 2.88. The number of nitrogens with two attached hydrogens (primary N) is 1.